The van der Waals surface area contributed by atoms with Crippen molar-refractivity contribution >= 4 is 51.3 Å². The maximum absolute atomic E-state index is 12.2. The van der Waals surface area contributed by atoms with Crippen molar-refractivity contribution in [3.63, 3.8) is 0 Å². The number of fused-ring (bicyclic) bond motifs is 1. The van der Waals surface area contributed by atoms with Gasteiger partial charge < -0.3 is 5.32 Å². The Morgan fingerprint density at radius 1 is 1.30 bits per heavy atom. The summed E-state index contributed by atoms with van der Waals surface area (Å²) in [4.78, 5) is 26.7. The number of nitrogens with one attached hydrogen (secondary N) is 1. The number of nitriles is 1. The zero-order valence-electron chi connectivity index (χ0n) is 14.3. The molecule has 0 saturated carbocycles. The number of aliphatic imine (C=N–C) groups is 1. The molecule has 0 aliphatic carbocycles. The number of amidine groups is 1. The second-order valence-corrected chi connectivity index (χ2v) is 7.85. The molecule has 3 aromatic rings. The van der Waals surface area contributed by atoms with Gasteiger partial charge in [-0.05, 0) is 60.0 Å². The van der Waals surface area contributed by atoms with E-state index < -0.39 is 0 Å². The molecule has 1 N–H and O–H groups in total. The van der Waals surface area contributed by atoms with Gasteiger partial charge in [-0.15, -0.1) is 11.3 Å². The quantitative estimate of drug-likeness (QED) is 0.686. The first-order valence-electron chi connectivity index (χ1n) is 8.09. The summed E-state index contributed by atoms with van der Waals surface area (Å²) >= 11 is 2.98. The number of hydrogen-bond donors (Lipinski definition) is 1. The monoisotopic (exact) mass is 391 g/mol. The molecule has 4 heterocycles. The van der Waals surface area contributed by atoms with Gasteiger partial charge in [-0.3, -0.25) is 9.78 Å². The number of hydrogen-bond acceptors (Lipinski definition) is 7. The van der Waals surface area contributed by atoms with E-state index in [-0.39, 0.29) is 5.91 Å². The number of nitrogens with zero attached hydrogens (tertiary/aromatic N) is 4. The molecule has 0 bridgehead atoms. The third-order valence-electron chi connectivity index (χ3n) is 3.96. The van der Waals surface area contributed by atoms with Crippen molar-refractivity contribution in [2.75, 3.05) is 0 Å². The van der Waals surface area contributed by atoms with Crippen molar-refractivity contribution in [3.05, 3.63) is 62.4 Å². The van der Waals surface area contributed by atoms with E-state index in [1.54, 1.807) is 29.5 Å². The van der Waals surface area contributed by atoms with Gasteiger partial charge in [0.15, 0.2) is 5.17 Å². The number of aryl methyl sites for hydroxylation is 1. The van der Waals surface area contributed by atoms with Crippen LogP contribution < -0.4 is 5.32 Å². The Balaban J connectivity index is 1.51. The fourth-order valence-corrected chi connectivity index (χ4v) is 4.16. The SMILES string of the molecule is Cc1ccsc1CNC1=NC(=O)C(=Cc2ccc3ncc(C#N)cc3n2)S1. The lowest BCUT2D eigenvalue weighted by Gasteiger charge is -2.03. The van der Waals surface area contributed by atoms with Gasteiger partial charge in [0.25, 0.3) is 5.91 Å². The predicted molar refractivity (Wildman–Crippen MR) is 108 cm³/mol. The minimum Gasteiger partial charge on any atom is -0.359 e. The maximum atomic E-state index is 12.2. The Labute approximate surface area is 163 Å². The molecular weight excluding hydrogens is 378 g/mol. The van der Waals surface area contributed by atoms with Crippen LogP contribution in [0.2, 0.25) is 0 Å². The second kappa shape index (κ2) is 7.31. The van der Waals surface area contributed by atoms with Crippen molar-refractivity contribution < 1.29 is 4.79 Å². The van der Waals surface area contributed by atoms with Crippen LogP contribution in [0.25, 0.3) is 17.1 Å². The molecule has 27 heavy (non-hydrogen) atoms. The fraction of sp³-hybridized carbons (Fsp3) is 0.105. The number of carbonyl (C=O) groups excluding carboxylic acids is 1. The lowest BCUT2D eigenvalue weighted by molar-refractivity contribution is -0.113. The van der Waals surface area contributed by atoms with Gasteiger partial charge in [0.05, 0.1) is 33.7 Å². The molecule has 0 fully saturated rings. The number of thioether (sulfide) groups is 1. The Hall–Kier alpha value is -3.02. The summed E-state index contributed by atoms with van der Waals surface area (Å²) in [5, 5.41) is 14.8. The minimum absolute atomic E-state index is 0.281. The van der Waals surface area contributed by atoms with Crippen LogP contribution in [0.5, 0.6) is 0 Å². The summed E-state index contributed by atoms with van der Waals surface area (Å²) in [5.41, 5.74) is 3.62. The Kier molecular flexibility index (Phi) is 4.71. The first-order valence-corrected chi connectivity index (χ1v) is 9.78. The first-order chi connectivity index (χ1) is 13.1. The van der Waals surface area contributed by atoms with Crippen LogP contribution in [0.1, 0.15) is 21.7 Å². The standard InChI is InChI=1S/C19H13N5OS2/c1-11-4-5-26-17(11)10-22-19-24-18(25)16(27-19)7-13-2-3-14-15(23-13)6-12(8-20)9-21-14/h2-7,9H,10H2,1H3,(H,22,24,25). The number of amides is 1. The predicted octanol–water partition coefficient (Wildman–Crippen LogP) is 3.63. The van der Waals surface area contributed by atoms with Crippen LogP contribution in [0.3, 0.4) is 0 Å². The minimum atomic E-state index is -0.281. The largest absolute Gasteiger partial charge is 0.359 e. The third kappa shape index (κ3) is 3.74. The number of aromatic nitrogens is 2. The maximum Gasteiger partial charge on any atom is 0.286 e. The Morgan fingerprint density at radius 3 is 2.96 bits per heavy atom. The molecule has 3 aromatic heterocycles. The van der Waals surface area contributed by atoms with E-state index in [1.807, 2.05) is 11.4 Å². The third-order valence-corrected chi connectivity index (χ3v) is 5.92. The van der Waals surface area contributed by atoms with Gasteiger partial charge in [-0.2, -0.15) is 10.3 Å². The molecule has 4 rings (SSSR count). The van der Waals surface area contributed by atoms with Crippen molar-refractivity contribution in [2.24, 2.45) is 4.99 Å². The van der Waals surface area contributed by atoms with Crippen LogP contribution in [0.4, 0.5) is 0 Å². The highest BCUT2D eigenvalue weighted by molar-refractivity contribution is 8.18. The second-order valence-electron chi connectivity index (χ2n) is 5.82. The molecule has 1 aliphatic rings. The zero-order valence-corrected chi connectivity index (χ0v) is 15.9. The number of rotatable bonds is 3. The molecule has 0 spiro atoms. The molecule has 1 amide bonds. The average molecular weight is 391 g/mol. The molecule has 0 radical (unpaired) electrons. The molecule has 6 nitrogen and oxygen atoms in total. The van der Waals surface area contributed by atoms with Crippen molar-refractivity contribution in [1.29, 1.82) is 5.26 Å². The van der Waals surface area contributed by atoms with Gasteiger partial charge in [-0.25, -0.2) is 4.98 Å². The molecular formula is C19H13N5OS2. The van der Waals surface area contributed by atoms with E-state index in [4.69, 9.17) is 5.26 Å². The average Bonchev–Trinajstić information content (AvgIpc) is 3.24. The zero-order chi connectivity index (χ0) is 18.8. The molecule has 0 unspecified atom stereocenters. The summed E-state index contributed by atoms with van der Waals surface area (Å²) in [7, 11) is 0. The number of carbonyl (C=O) groups is 1. The van der Waals surface area contributed by atoms with Crippen molar-refractivity contribution in [2.45, 2.75) is 13.5 Å². The summed E-state index contributed by atoms with van der Waals surface area (Å²) in [6.07, 6.45) is 3.22. The molecule has 1 aliphatic heterocycles. The van der Waals surface area contributed by atoms with E-state index >= 15 is 0 Å². The molecule has 0 atom stereocenters. The van der Waals surface area contributed by atoms with Crippen LogP contribution in [-0.4, -0.2) is 21.0 Å². The lowest BCUT2D eigenvalue weighted by atomic mass is 10.2. The van der Waals surface area contributed by atoms with Crippen LogP contribution in [0, 0.1) is 18.3 Å². The van der Waals surface area contributed by atoms with Crippen molar-refractivity contribution in [3.8, 4) is 6.07 Å². The smallest absolute Gasteiger partial charge is 0.286 e. The summed E-state index contributed by atoms with van der Waals surface area (Å²) in [6.45, 7) is 2.71. The Bertz CT molecular complexity index is 1160. The van der Waals surface area contributed by atoms with E-state index in [2.05, 4.69) is 39.3 Å². The van der Waals surface area contributed by atoms with Gasteiger partial charge in [0.1, 0.15) is 6.07 Å². The summed E-state index contributed by atoms with van der Waals surface area (Å²) < 4.78 is 0. The highest BCUT2D eigenvalue weighted by atomic mass is 32.2. The highest BCUT2D eigenvalue weighted by Crippen LogP contribution is 2.28. The van der Waals surface area contributed by atoms with Gasteiger partial charge in [-0.1, -0.05) is 0 Å². The number of thiophene rings is 1. The van der Waals surface area contributed by atoms with Crippen LogP contribution >= 0.6 is 23.1 Å². The van der Waals surface area contributed by atoms with Gasteiger partial charge in [0.2, 0.25) is 0 Å². The van der Waals surface area contributed by atoms with E-state index in [9.17, 15) is 4.79 Å². The van der Waals surface area contributed by atoms with E-state index in [1.165, 1.54) is 28.4 Å². The first kappa shape index (κ1) is 17.4. The molecule has 8 heteroatoms. The van der Waals surface area contributed by atoms with Gasteiger partial charge in [0, 0.05) is 11.1 Å². The lowest BCUT2D eigenvalue weighted by Crippen LogP contribution is -2.17. The van der Waals surface area contributed by atoms with E-state index in [0.717, 1.165) is 0 Å². The normalized spacial score (nSPS) is 15.2. The number of pyridine rings is 2. The fourth-order valence-electron chi connectivity index (χ4n) is 2.52. The molecule has 0 saturated heterocycles. The highest BCUT2D eigenvalue weighted by Gasteiger charge is 2.22. The van der Waals surface area contributed by atoms with Crippen molar-refractivity contribution in [1.82, 2.24) is 15.3 Å². The summed E-state index contributed by atoms with van der Waals surface area (Å²) in [6, 6.07) is 9.42. The topological polar surface area (TPSA) is 91.0 Å². The van der Waals surface area contributed by atoms with E-state index in [0.29, 0.717) is 38.9 Å². The summed E-state index contributed by atoms with van der Waals surface area (Å²) in [5.74, 6) is -0.281. The molecule has 132 valence electrons. The van der Waals surface area contributed by atoms with Crippen LogP contribution in [-0.2, 0) is 11.3 Å². The molecule has 0 aromatic carbocycles. The van der Waals surface area contributed by atoms with Crippen LogP contribution in [0.15, 0.2) is 45.7 Å². The Morgan fingerprint density at radius 2 is 2.19 bits per heavy atom. The van der Waals surface area contributed by atoms with Gasteiger partial charge >= 0.3 is 0 Å².